The first kappa shape index (κ1) is 20.2. The third-order valence-electron chi connectivity index (χ3n) is 4.16. The lowest BCUT2D eigenvalue weighted by Crippen LogP contribution is -2.18. The maximum Gasteiger partial charge on any atom is 0.297 e. The van der Waals surface area contributed by atoms with Gasteiger partial charge in [-0.2, -0.15) is 10.1 Å². The van der Waals surface area contributed by atoms with Crippen LogP contribution < -0.4 is 4.80 Å². The molecule has 0 radical (unpaired) electrons. The molecule has 0 aliphatic rings. The molecule has 2 aromatic heterocycles. The molecule has 28 heavy (non-hydrogen) atoms. The van der Waals surface area contributed by atoms with Gasteiger partial charge in [0.25, 0.3) is 5.91 Å². The van der Waals surface area contributed by atoms with Gasteiger partial charge in [-0.15, -0.1) is 6.58 Å². The zero-order chi connectivity index (χ0) is 20.6. The highest BCUT2D eigenvalue weighted by Crippen LogP contribution is 2.22. The Balaban J connectivity index is 2.20. The Morgan fingerprint density at radius 2 is 2.07 bits per heavy atom. The number of amides is 1. The molecule has 9 heteroatoms. The third kappa shape index (κ3) is 3.85. The number of sulfone groups is 1. The maximum absolute atomic E-state index is 12.9. The van der Waals surface area contributed by atoms with Gasteiger partial charge in [-0.05, 0) is 45.0 Å². The lowest BCUT2D eigenvalue weighted by molar-refractivity contribution is 0.0986. The van der Waals surface area contributed by atoms with Crippen molar-refractivity contribution >= 4 is 37.3 Å². The van der Waals surface area contributed by atoms with E-state index in [1.165, 1.54) is 17.6 Å². The number of rotatable bonds is 5. The first-order valence-corrected chi connectivity index (χ1v) is 11.4. The molecule has 0 aliphatic heterocycles. The van der Waals surface area contributed by atoms with Crippen LogP contribution in [0.15, 0.2) is 46.8 Å². The highest BCUT2D eigenvalue weighted by molar-refractivity contribution is 7.90. The summed E-state index contributed by atoms with van der Waals surface area (Å²) in [4.78, 5) is 17.9. The van der Waals surface area contributed by atoms with Gasteiger partial charge in [0.15, 0.2) is 14.6 Å². The van der Waals surface area contributed by atoms with E-state index in [2.05, 4.69) is 16.7 Å². The molecular formula is C19H22N4O3S2. The van der Waals surface area contributed by atoms with Crippen LogP contribution in [0.3, 0.4) is 0 Å². The molecule has 0 unspecified atom stereocenters. The average molecular weight is 419 g/mol. The second-order valence-corrected chi connectivity index (χ2v) is 9.84. The first-order chi connectivity index (χ1) is 13.1. The smallest absolute Gasteiger partial charge is 0.297 e. The molecule has 7 nitrogen and oxygen atoms in total. The van der Waals surface area contributed by atoms with Crippen molar-refractivity contribution in [3.8, 4) is 0 Å². The van der Waals surface area contributed by atoms with Crippen LogP contribution >= 0.6 is 11.3 Å². The maximum atomic E-state index is 12.9. The minimum atomic E-state index is -3.32. The van der Waals surface area contributed by atoms with Gasteiger partial charge < -0.3 is 4.57 Å². The van der Waals surface area contributed by atoms with E-state index in [0.717, 1.165) is 15.9 Å². The number of fused-ring (bicyclic) bond motifs is 1. The van der Waals surface area contributed by atoms with Crippen LogP contribution in [0.25, 0.3) is 10.2 Å². The van der Waals surface area contributed by atoms with Gasteiger partial charge in [0.1, 0.15) is 5.69 Å². The van der Waals surface area contributed by atoms with Gasteiger partial charge in [0.2, 0.25) is 0 Å². The number of aromatic nitrogens is 3. The van der Waals surface area contributed by atoms with Crippen LogP contribution in [0.5, 0.6) is 0 Å². The van der Waals surface area contributed by atoms with Gasteiger partial charge in [0.05, 0.1) is 20.8 Å². The summed E-state index contributed by atoms with van der Waals surface area (Å²) in [5.74, 6) is -0.387. The minimum absolute atomic E-state index is 0.0304. The minimum Gasteiger partial charge on any atom is -0.312 e. The molecule has 1 aromatic carbocycles. The molecule has 0 bridgehead atoms. The summed E-state index contributed by atoms with van der Waals surface area (Å²) in [6.07, 6.45) is 2.88. The number of carbonyl (C=O) groups excluding carboxylic acids is 1. The number of aryl methyl sites for hydroxylation is 1. The molecule has 0 aliphatic carbocycles. The van der Waals surface area contributed by atoms with Gasteiger partial charge in [-0.3, -0.25) is 9.48 Å². The molecule has 0 saturated heterocycles. The molecule has 0 fully saturated rings. The zero-order valence-electron chi connectivity index (χ0n) is 16.2. The molecule has 148 valence electrons. The predicted octanol–water partition coefficient (Wildman–Crippen LogP) is 3.12. The Bertz CT molecular complexity index is 1240. The summed E-state index contributed by atoms with van der Waals surface area (Å²) >= 11 is 1.27. The lowest BCUT2D eigenvalue weighted by atomic mass is 10.3. The third-order valence-corrected chi connectivity index (χ3v) is 6.31. The topological polar surface area (TPSA) is 86.3 Å². The second-order valence-electron chi connectivity index (χ2n) is 6.81. The monoisotopic (exact) mass is 418 g/mol. The van der Waals surface area contributed by atoms with E-state index in [0.29, 0.717) is 17.0 Å². The molecular weight excluding hydrogens is 396 g/mol. The molecule has 0 atom stereocenters. The van der Waals surface area contributed by atoms with Gasteiger partial charge in [0, 0.05) is 18.8 Å². The predicted molar refractivity (Wildman–Crippen MR) is 110 cm³/mol. The molecule has 0 saturated carbocycles. The van der Waals surface area contributed by atoms with E-state index in [1.54, 1.807) is 35.0 Å². The van der Waals surface area contributed by atoms with Gasteiger partial charge >= 0.3 is 0 Å². The summed E-state index contributed by atoms with van der Waals surface area (Å²) in [5, 5.41) is 4.36. The van der Waals surface area contributed by atoms with Crippen LogP contribution in [-0.4, -0.2) is 34.9 Å². The Morgan fingerprint density at radius 1 is 1.36 bits per heavy atom. The van der Waals surface area contributed by atoms with Crippen molar-refractivity contribution in [2.45, 2.75) is 38.3 Å². The Morgan fingerprint density at radius 3 is 2.68 bits per heavy atom. The Kier molecular flexibility index (Phi) is 5.40. The molecule has 2 heterocycles. The number of hydrogen-bond acceptors (Lipinski definition) is 5. The number of nitrogens with zero attached hydrogens (tertiary/aromatic N) is 4. The molecule has 3 aromatic rings. The zero-order valence-corrected chi connectivity index (χ0v) is 17.8. The molecule has 3 rings (SSSR count). The van der Waals surface area contributed by atoms with Crippen LogP contribution in [-0.2, 0) is 16.4 Å². The Hall–Kier alpha value is -2.52. The van der Waals surface area contributed by atoms with Crippen molar-refractivity contribution in [2.75, 3.05) is 6.26 Å². The highest BCUT2D eigenvalue weighted by atomic mass is 32.2. The Labute approximate surface area is 167 Å². The fourth-order valence-corrected chi connectivity index (χ4v) is 4.69. The summed E-state index contributed by atoms with van der Waals surface area (Å²) in [6, 6.07) is 6.66. The van der Waals surface area contributed by atoms with E-state index in [-0.39, 0.29) is 16.8 Å². The van der Waals surface area contributed by atoms with E-state index in [1.807, 2.05) is 25.3 Å². The van der Waals surface area contributed by atoms with E-state index >= 15 is 0 Å². The number of benzene rings is 1. The molecule has 0 spiro atoms. The first-order valence-electron chi connectivity index (χ1n) is 8.71. The normalized spacial score (nSPS) is 12.8. The van der Waals surface area contributed by atoms with Crippen molar-refractivity contribution in [2.24, 2.45) is 4.99 Å². The number of allylic oxidation sites excluding steroid dienone is 1. The van der Waals surface area contributed by atoms with Crippen molar-refractivity contribution in [3.63, 3.8) is 0 Å². The largest absolute Gasteiger partial charge is 0.312 e. The summed E-state index contributed by atoms with van der Waals surface area (Å²) in [5.41, 5.74) is 1.98. The number of carbonyl (C=O) groups is 1. The number of hydrogen-bond donors (Lipinski definition) is 0. The average Bonchev–Trinajstić information content (AvgIpc) is 3.15. The highest BCUT2D eigenvalue weighted by Gasteiger charge is 2.17. The van der Waals surface area contributed by atoms with Gasteiger partial charge in [-0.25, -0.2) is 8.42 Å². The lowest BCUT2D eigenvalue weighted by Gasteiger charge is -2.08. The summed E-state index contributed by atoms with van der Waals surface area (Å²) in [7, 11) is -3.32. The summed E-state index contributed by atoms with van der Waals surface area (Å²) in [6.45, 7) is 9.95. The van der Waals surface area contributed by atoms with Crippen LogP contribution in [0.1, 0.15) is 36.1 Å². The quantitative estimate of drug-likeness (QED) is 0.596. The van der Waals surface area contributed by atoms with Crippen LogP contribution in [0.4, 0.5) is 0 Å². The standard InChI is InChI=1S/C19H22N4O3S2/c1-6-9-22-15-8-7-14(28(5,25)26)11-17(15)27-19(22)20-18(24)16-10-13(4)21-23(16)12(2)3/h6-8,10-12H,1,9H2,2-5H3. The molecule has 1 amide bonds. The van der Waals surface area contributed by atoms with Crippen molar-refractivity contribution in [1.82, 2.24) is 14.3 Å². The second kappa shape index (κ2) is 7.48. The fraction of sp³-hybridized carbons (Fsp3) is 0.316. The van der Waals surface area contributed by atoms with E-state index in [4.69, 9.17) is 0 Å². The number of thiazole rings is 1. The fourth-order valence-electron chi connectivity index (χ4n) is 2.89. The van der Waals surface area contributed by atoms with Gasteiger partial charge in [-0.1, -0.05) is 17.4 Å². The SMILES string of the molecule is C=CCn1c(=NC(=O)c2cc(C)nn2C(C)C)sc2cc(S(C)(=O)=O)ccc21. The van der Waals surface area contributed by atoms with Crippen LogP contribution in [0, 0.1) is 6.92 Å². The van der Waals surface area contributed by atoms with E-state index in [9.17, 15) is 13.2 Å². The van der Waals surface area contributed by atoms with Crippen molar-refractivity contribution in [1.29, 1.82) is 0 Å². The van der Waals surface area contributed by atoms with E-state index < -0.39 is 9.84 Å². The van der Waals surface area contributed by atoms with Crippen LogP contribution in [0.2, 0.25) is 0 Å². The summed E-state index contributed by atoms with van der Waals surface area (Å²) < 4.78 is 28.0. The molecule has 0 N–H and O–H groups in total. The van der Waals surface area contributed by atoms with Crippen molar-refractivity contribution < 1.29 is 13.2 Å². The van der Waals surface area contributed by atoms with Crippen molar-refractivity contribution in [3.05, 3.63) is 53.1 Å².